The highest BCUT2D eigenvalue weighted by Crippen LogP contribution is 2.19. The van der Waals surface area contributed by atoms with Crippen molar-refractivity contribution < 1.29 is 19.1 Å². The van der Waals surface area contributed by atoms with Gasteiger partial charge < -0.3 is 15.4 Å². The second-order valence-electron chi connectivity index (χ2n) is 6.79. The van der Waals surface area contributed by atoms with Crippen molar-refractivity contribution in [2.75, 3.05) is 0 Å². The van der Waals surface area contributed by atoms with Gasteiger partial charge in [0, 0.05) is 19.0 Å². The van der Waals surface area contributed by atoms with Crippen molar-refractivity contribution in [1.29, 1.82) is 0 Å². The van der Waals surface area contributed by atoms with E-state index in [9.17, 15) is 14.4 Å². The van der Waals surface area contributed by atoms with Crippen LogP contribution in [0.3, 0.4) is 0 Å². The smallest absolute Gasteiger partial charge is 0.308 e. The SMILES string of the molecule is CC(=O)NCc1ccc(C(=O)NC(CC(=O)OC(C)C)c2ccccc2)cc1. The number of rotatable bonds is 8. The number of esters is 1. The third kappa shape index (κ3) is 6.87. The van der Waals surface area contributed by atoms with Crippen molar-refractivity contribution in [3.8, 4) is 0 Å². The zero-order chi connectivity index (χ0) is 20.5. The fourth-order valence-electron chi connectivity index (χ4n) is 2.66. The van der Waals surface area contributed by atoms with Crippen molar-refractivity contribution in [2.24, 2.45) is 0 Å². The Kier molecular flexibility index (Phi) is 7.75. The Bertz CT molecular complexity index is 801. The molecule has 0 spiro atoms. The molecule has 0 aromatic heterocycles. The van der Waals surface area contributed by atoms with Crippen molar-refractivity contribution in [3.63, 3.8) is 0 Å². The normalized spacial score (nSPS) is 11.6. The Labute approximate surface area is 165 Å². The van der Waals surface area contributed by atoms with Gasteiger partial charge in [-0.2, -0.15) is 0 Å². The van der Waals surface area contributed by atoms with Gasteiger partial charge in [-0.15, -0.1) is 0 Å². The highest BCUT2D eigenvalue weighted by atomic mass is 16.5. The van der Waals surface area contributed by atoms with Crippen LogP contribution in [0.1, 0.15) is 54.7 Å². The number of benzene rings is 2. The van der Waals surface area contributed by atoms with Crippen molar-refractivity contribution in [2.45, 2.75) is 45.9 Å². The predicted octanol–water partition coefficient (Wildman–Crippen LogP) is 3.14. The second-order valence-corrected chi connectivity index (χ2v) is 6.79. The molecule has 2 N–H and O–H groups in total. The third-order valence-corrected chi connectivity index (χ3v) is 4.00. The van der Waals surface area contributed by atoms with Gasteiger partial charge in [-0.25, -0.2) is 0 Å². The Hall–Kier alpha value is -3.15. The van der Waals surface area contributed by atoms with Crippen LogP contribution in [0, 0.1) is 0 Å². The Balaban J connectivity index is 2.09. The summed E-state index contributed by atoms with van der Waals surface area (Å²) in [4.78, 5) is 35.8. The van der Waals surface area contributed by atoms with Crippen LogP contribution in [0.5, 0.6) is 0 Å². The quantitative estimate of drug-likeness (QED) is 0.687. The summed E-state index contributed by atoms with van der Waals surface area (Å²) in [7, 11) is 0. The van der Waals surface area contributed by atoms with Crippen LogP contribution in [-0.4, -0.2) is 23.9 Å². The van der Waals surface area contributed by atoms with E-state index in [1.807, 2.05) is 30.3 Å². The van der Waals surface area contributed by atoms with E-state index in [0.29, 0.717) is 12.1 Å². The van der Waals surface area contributed by atoms with Gasteiger partial charge in [0.2, 0.25) is 5.91 Å². The first-order chi connectivity index (χ1) is 13.3. The average molecular weight is 382 g/mol. The summed E-state index contributed by atoms with van der Waals surface area (Å²) >= 11 is 0. The number of amides is 2. The van der Waals surface area contributed by atoms with E-state index in [2.05, 4.69) is 10.6 Å². The first-order valence-electron chi connectivity index (χ1n) is 9.24. The Morgan fingerprint density at radius 2 is 1.61 bits per heavy atom. The van der Waals surface area contributed by atoms with Crippen molar-refractivity contribution in [1.82, 2.24) is 10.6 Å². The van der Waals surface area contributed by atoms with Crippen molar-refractivity contribution in [3.05, 3.63) is 71.3 Å². The number of carbonyl (C=O) groups excluding carboxylic acids is 3. The summed E-state index contributed by atoms with van der Waals surface area (Å²) in [6, 6.07) is 15.8. The molecular formula is C22H26N2O4. The lowest BCUT2D eigenvalue weighted by molar-refractivity contribution is -0.148. The average Bonchev–Trinajstić information content (AvgIpc) is 2.66. The molecular weight excluding hydrogens is 356 g/mol. The van der Waals surface area contributed by atoms with Gasteiger partial charge in [-0.05, 0) is 37.1 Å². The molecule has 0 fully saturated rings. The van der Waals surface area contributed by atoms with Crippen LogP contribution in [0.2, 0.25) is 0 Å². The van der Waals surface area contributed by atoms with E-state index < -0.39 is 6.04 Å². The number of nitrogens with one attached hydrogen (secondary N) is 2. The zero-order valence-electron chi connectivity index (χ0n) is 16.4. The summed E-state index contributed by atoms with van der Waals surface area (Å²) in [6.07, 6.45) is -0.162. The van der Waals surface area contributed by atoms with E-state index in [1.54, 1.807) is 38.1 Å². The van der Waals surface area contributed by atoms with Gasteiger partial charge in [-0.1, -0.05) is 42.5 Å². The summed E-state index contributed by atoms with van der Waals surface area (Å²) in [5.74, 6) is -0.757. The first kappa shape index (κ1) is 21.2. The molecule has 1 atom stereocenters. The van der Waals surface area contributed by atoms with Crippen LogP contribution < -0.4 is 10.6 Å². The molecule has 2 amide bonds. The molecule has 2 aromatic rings. The third-order valence-electron chi connectivity index (χ3n) is 4.00. The maximum atomic E-state index is 12.7. The second kappa shape index (κ2) is 10.3. The Morgan fingerprint density at radius 1 is 0.964 bits per heavy atom. The van der Waals surface area contributed by atoms with Crippen LogP contribution >= 0.6 is 0 Å². The van der Waals surface area contributed by atoms with Crippen molar-refractivity contribution >= 4 is 17.8 Å². The minimum absolute atomic E-state index is 0.0501. The zero-order valence-corrected chi connectivity index (χ0v) is 16.4. The fraction of sp³-hybridized carbons (Fsp3) is 0.318. The predicted molar refractivity (Wildman–Crippen MR) is 106 cm³/mol. The molecule has 0 radical (unpaired) electrons. The molecule has 0 aliphatic heterocycles. The number of carbonyl (C=O) groups is 3. The number of hydrogen-bond acceptors (Lipinski definition) is 4. The molecule has 1 unspecified atom stereocenters. The highest BCUT2D eigenvalue weighted by Gasteiger charge is 2.20. The lowest BCUT2D eigenvalue weighted by atomic mass is 10.0. The molecule has 6 nitrogen and oxygen atoms in total. The summed E-state index contributed by atoms with van der Waals surface area (Å²) in [6.45, 7) is 5.44. The monoisotopic (exact) mass is 382 g/mol. The molecule has 28 heavy (non-hydrogen) atoms. The van der Waals surface area contributed by atoms with Gasteiger partial charge in [-0.3, -0.25) is 14.4 Å². The maximum Gasteiger partial charge on any atom is 0.308 e. The largest absolute Gasteiger partial charge is 0.463 e. The van der Waals surface area contributed by atoms with Crippen LogP contribution in [-0.2, 0) is 20.9 Å². The minimum atomic E-state index is -0.487. The van der Waals surface area contributed by atoms with Crippen LogP contribution in [0.4, 0.5) is 0 Å². The van der Waals surface area contributed by atoms with Gasteiger partial charge in [0.25, 0.3) is 5.91 Å². The standard InChI is InChI=1S/C22H26N2O4/c1-15(2)28-21(26)13-20(18-7-5-4-6-8-18)24-22(27)19-11-9-17(10-12-19)14-23-16(3)25/h4-12,15,20H,13-14H2,1-3H3,(H,23,25)(H,24,27). The molecule has 148 valence electrons. The van der Waals surface area contributed by atoms with Gasteiger partial charge >= 0.3 is 5.97 Å². The molecule has 2 aromatic carbocycles. The lowest BCUT2D eigenvalue weighted by Crippen LogP contribution is -2.31. The summed E-state index contributed by atoms with van der Waals surface area (Å²) in [5, 5.41) is 5.62. The van der Waals surface area contributed by atoms with E-state index in [-0.39, 0.29) is 30.3 Å². The molecule has 0 bridgehead atoms. The van der Waals surface area contributed by atoms with Gasteiger partial charge in [0.05, 0.1) is 18.6 Å². The Morgan fingerprint density at radius 3 is 2.18 bits per heavy atom. The van der Waals surface area contributed by atoms with Gasteiger partial charge in [0.1, 0.15) is 0 Å². The molecule has 0 aliphatic rings. The maximum absolute atomic E-state index is 12.7. The molecule has 0 saturated heterocycles. The van der Waals surface area contributed by atoms with E-state index >= 15 is 0 Å². The van der Waals surface area contributed by atoms with E-state index in [0.717, 1.165) is 11.1 Å². The molecule has 6 heteroatoms. The van der Waals surface area contributed by atoms with Crippen LogP contribution in [0.15, 0.2) is 54.6 Å². The molecule has 0 aliphatic carbocycles. The summed E-state index contributed by atoms with van der Waals surface area (Å²) < 4.78 is 5.23. The van der Waals surface area contributed by atoms with E-state index in [1.165, 1.54) is 6.92 Å². The molecule has 2 rings (SSSR count). The lowest BCUT2D eigenvalue weighted by Gasteiger charge is -2.19. The van der Waals surface area contributed by atoms with Crippen LogP contribution in [0.25, 0.3) is 0 Å². The van der Waals surface area contributed by atoms with Gasteiger partial charge in [0.15, 0.2) is 0 Å². The minimum Gasteiger partial charge on any atom is -0.463 e. The fourth-order valence-corrected chi connectivity index (χ4v) is 2.66. The topological polar surface area (TPSA) is 84.5 Å². The van der Waals surface area contributed by atoms with E-state index in [4.69, 9.17) is 4.74 Å². The summed E-state index contributed by atoms with van der Waals surface area (Å²) in [5.41, 5.74) is 2.20. The number of ether oxygens (including phenoxy) is 1. The highest BCUT2D eigenvalue weighted by molar-refractivity contribution is 5.94. The molecule has 0 heterocycles. The molecule has 0 saturated carbocycles. The first-order valence-corrected chi connectivity index (χ1v) is 9.24. The number of hydrogen-bond donors (Lipinski definition) is 2.